The van der Waals surface area contributed by atoms with Crippen molar-refractivity contribution in [2.75, 3.05) is 16.4 Å². The summed E-state index contributed by atoms with van der Waals surface area (Å²) in [5, 5.41) is 16.0. The van der Waals surface area contributed by atoms with E-state index >= 15 is 0 Å². The number of non-ortho nitro benzene ring substituents is 1. The first kappa shape index (κ1) is 21.0. The van der Waals surface area contributed by atoms with Gasteiger partial charge < -0.3 is 10.6 Å². The molecule has 2 amide bonds. The van der Waals surface area contributed by atoms with Crippen LogP contribution in [0.2, 0.25) is 0 Å². The van der Waals surface area contributed by atoms with Crippen molar-refractivity contribution < 1.29 is 18.9 Å². The number of thioether (sulfide) groups is 1. The lowest BCUT2D eigenvalue weighted by atomic mass is 10.2. The van der Waals surface area contributed by atoms with Gasteiger partial charge in [0.25, 0.3) is 11.6 Å². The van der Waals surface area contributed by atoms with E-state index in [0.717, 1.165) is 4.90 Å². The lowest BCUT2D eigenvalue weighted by molar-refractivity contribution is -0.384. The number of rotatable bonds is 7. The second-order valence-electron chi connectivity index (χ2n) is 6.13. The number of nitrogens with one attached hydrogen (secondary N) is 2. The summed E-state index contributed by atoms with van der Waals surface area (Å²) in [5.41, 5.74) is 1.35. The van der Waals surface area contributed by atoms with Crippen LogP contribution in [0.3, 0.4) is 0 Å². The van der Waals surface area contributed by atoms with Crippen molar-refractivity contribution in [3.05, 3.63) is 94.3 Å². The Kier molecular flexibility index (Phi) is 6.76. The SMILES string of the molecule is O=C(CSc1ccc(NC(=O)c2ccc(F)cc2)cc1)Nc1ccc([N+](=O)[O-])cc1. The molecule has 0 aliphatic carbocycles. The van der Waals surface area contributed by atoms with Gasteiger partial charge in [-0.25, -0.2) is 4.39 Å². The van der Waals surface area contributed by atoms with E-state index in [-0.39, 0.29) is 23.3 Å². The number of nitrogens with zero attached hydrogens (tertiary/aromatic N) is 1. The number of amides is 2. The molecule has 0 saturated heterocycles. The van der Waals surface area contributed by atoms with Crippen molar-refractivity contribution in [3.63, 3.8) is 0 Å². The van der Waals surface area contributed by atoms with Crippen LogP contribution in [0.15, 0.2) is 77.7 Å². The maximum absolute atomic E-state index is 12.9. The van der Waals surface area contributed by atoms with E-state index in [2.05, 4.69) is 10.6 Å². The number of hydrogen-bond donors (Lipinski definition) is 2. The summed E-state index contributed by atoms with van der Waals surface area (Å²) in [4.78, 5) is 35.1. The molecule has 0 heterocycles. The van der Waals surface area contributed by atoms with Crippen LogP contribution in [0.5, 0.6) is 0 Å². The van der Waals surface area contributed by atoms with Crippen molar-refractivity contribution in [1.82, 2.24) is 0 Å². The molecular weight excluding hydrogens is 409 g/mol. The molecular formula is C21H16FN3O4S. The molecule has 7 nitrogen and oxygen atoms in total. The first-order chi connectivity index (χ1) is 14.4. The Morgan fingerprint density at radius 2 is 1.43 bits per heavy atom. The van der Waals surface area contributed by atoms with Crippen LogP contribution in [0.4, 0.5) is 21.5 Å². The lowest BCUT2D eigenvalue weighted by Crippen LogP contribution is -2.14. The summed E-state index contributed by atoms with van der Waals surface area (Å²) in [6, 6.07) is 17.8. The highest BCUT2D eigenvalue weighted by Gasteiger charge is 2.09. The van der Waals surface area contributed by atoms with Gasteiger partial charge in [-0.3, -0.25) is 19.7 Å². The molecule has 0 unspecified atom stereocenters. The molecule has 3 aromatic rings. The topological polar surface area (TPSA) is 101 Å². The second kappa shape index (κ2) is 9.66. The Morgan fingerprint density at radius 1 is 0.867 bits per heavy atom. The third kappa shape index (κ3) is 5.89. The highest BCUT2D eigenvalue weighted by atomic mass is 32.2. The molecule has 3 rings (SSSR count). The molecule has 9 heteroatoms. The standard InChI is InChI=1S/C21H16FN3O4S/c22-15-3-1-14(2-4-15)21(27)24-17-7-11-19(12-8-17)30-13-20(26)23-16-5-9-18(10-6-16)25(28)29/h1-12H,13H2,(H,23,26)(H,24,27). The van der Waals surface area contributed by atoms with E-state index in [1.54, 1.807) is 24.3 Å². The number of carbonyl (C=O) groups excluding carboxylic acids is 2. The summed E-state index contributed by atoms with van der Waals surface area (Å²) >= 11 is 1.31. The minimum Gasteiger partial charge on any atom is -0.325 e. The summed E-state index contributed by atoms with van der Waals surface area (Å²) in [6.07, 6.45) is 0. The molecule has 2 N–H and O–H groups in total. The number of hydrogen-bond acceptors (Lipinski definition) is 5. The molecule has 0 saturated carbocycles. The number of nitro groups is 1. The number of nitro benzene ring substituents is 1. The molecule has 0 atom stereocenters. The Bertz CT molecular complexity index is 1060. The molecule has 0 fully saturated rings. The van der Waals surface area contributed by atoms with E-state index < -0.39 is 10.7 Å². The molecule has 0 bridgehead atoms. The number of halogens is 1. The first-order valence-corrected chi connectivity index (χ1v) is 9.73. The number of benzene rings is 3. The van der Waals surface area contributed by atoms with Crippen molar-refractivity contribution in [2.45, 2.75) is 4.90 Å². The zero-order valence-electron chi connectivity index (χ0n) is 15.5. The van der Waals surface area contributed by atoms with E-state index in [4.69, 9.17) is 0 Å². The van der Waals surface area contributed by atoms with Crippen molar-refractivity contribution in [1.29, 1.82) is 0 Å². The van der Waals surface area contributed by atoms with Crippen LogP contribution >= 0.6 is 11.8 Å². The lowest BCUT2D eigenvalue weighted by Gasteiger charge is -2.07. The molecule has 152 valence electrons. The van der Waals surface area contributed by atoms with Gasteiger partial charge in [0.2, 0.25) is 5.91 Å². The third-order valence-electron chi connectivity index (χ3n) is 3.95. The fraction of sp³-hybridized carbons (Fsp3) is 0.0476. The van der Waals surface area contributed by atoms with E-state index in [1.807, 2.05) is 0 Å². The average molecular weight is 425 g/mol. The van der Waals surface area contributed by atoms with Gasteiger partial charge in [-0.2, -0.15) is 0 Å². The van der Waals surface area contributed by atoms with Crippen molar-refractivity contribution in [3.8, 4) is 0 Å². The van der Waals surface area contributed by atoms with E-state index in [9.17, 15) is 24.1 Å². The van der Waals surface area contributed by atoms with Crippen molar-refractivity contribution >= 4 is 40.6 Å². The predicted octanol–water partition coefficient (Wildman–Crippen LogP) is 4.72. The van der Waals surface area contributed by atoms with Gasteiger partial charge in [-0.15, -0.1) is 11.8 Å². The van der Waals surface area contributed by atoms with Gasteiger partial charge >= 0.3 is 0 Å². The quantitative estimate of drug-likeness (QED) is 0.324. The van der Waals surface area contributed by atoms with Gasteiger partial charge in [0.1, 0.15) is 5.82 Å². The largest absolute Gasteiger partial charge is 0.325 e. The molecule has 0 aliphatic heterocycles. The molecule has 0 aromatic heterocycles. The Balaban J connectivity index is 1.49. The minimum atomic E-state index is -0.507. The molecule has 0 radical (unpaired) electrons. The number of anilines is 2. The summed E-state index contributed by atoms with van der Waals surface area (Å²) < 4.78 is 12.9. The maximum Gasteiger partial charge on any atom is 0.269 e. The monoisotopic (exact) mass is 425 g/mol. The maximum atomic E-state index is 12.9. The van der Waals surface area contributed by atoms with Crippen molar-refractivity contribution in [2.24, 2.45) is 0 Å². The van der Waals surface area contributed by atoms with E-state index in [0.29, 0.717) is 16.9 Å². The van der Waals surface area contributed by atoms with Crippen LogP contribution in [0.1, 0.15) is 10.4 Å². The Hall–Kier alpha value is -3.72. The van der Waals surface area contributed by atoms with Crippen LogP contribution in [0, 0.1) is 15.9 Å². The van der Waals surface area contributed by atoms with Gasteiger partial charge in [0.05, 0.1) is 10.7 Å². The molecule has 0 aliphatic rings. The minimum absolute atomic E-state index is 0.0472. The average Bonchev–Trinajstić information content (AvgIpc) is 2.74. The molecule has 3 aromatic carbocycles. The zero-order valence-corrected chi connectivity index (χ0v) is 16.3. The summed E-state index contributed by atoms with van der Waals surface area (Å²) in [5.74, 6) is -0.857. The predicted molar refractivity (Wildman–Crippen MR) is 113 cm³/mol. The van der Waals surface area contributed by atoms with Crippen LogP contribution in [-0.2, 0) is 4.79 Å². The fourth-order valence-corrected chi connectivity index (χ4v) is 3.15. The Labute approximate surface area is 175 Å². The van der Waals surface area contributed by atoms with E-state index in [1.165, 1.54) is 60.3 Å². The summed E-state index contributed by atoms with van der Waals surface area (Å²) in [6.45, 7) is 0. The molecule has 30 heavy (non-hydrogen) atoms. The summed E-state index contributed by atoms with van der Waals surface area (Å²) in [7, 11) is 0. The third-order valence-corrected chi connectivity index (χ3v) is 4.96. The first-order valence-electron chi connectivity index (χ1n) is 8.75. The second-order valence-corrected chi connectivity index (χ2v) is 7.17. The van der Waals surface area contributed by atoms with Gasteiger partial charge in [-0.05, 0) is 60.7 Å². The van der Waals surface area contributed by atoms with Gasteiger partial charge in [0, 0.05) is 34.0 Å². The van der Waals surface area contributed by atoms with Crippen LogP contribution in [0.25, 0.3) is 0 Å². The fourth-order valence-electron chi connectivity index (χ4n) is 2.45. The Morgan fingerprint density at radius 3 is 2.03 bits per heavy atom. The van der Waals surface area contributed by atoms with Gasteiger partial charge in [0.15, 0.2) is 0 Å². The smallest absolute Gasteiger partial charge is 0.269 e. The van der Waals surface area contributed by atoms with Crippen LogP contribution < -0.4 is 10.6 Å². The zero-order chi connectivity index (χ0) is 21.5. The number of carbonyl (C=O) groups is 2. The van der Waals surface area contributed by atoms with Gasteiger partial charge in [-0.1, -0.05) is 0 Å². The normalized spacial score (nSPS) is 10.3. The highest BCUT2D eigenvalue weighted by molar-refractivity contribution is 8.00. The molecule has 0 spiro atoms. The van der Waals surface area contributed by atoms with Crippen LogP contribution in [-0.4, -0.2) is 22.5 Å². The highest BCUT2D eigenvalue weighted by Crippen LogP contribution is 2.22.